The van der Waals surface area contributed by atoms with Gasteiger partial charge < -0.3 is 5.11 Å². The Morgan fingerprint density at radius 3 is 2.03 bits per heavy atom. The van der Waals surface area contributed by atoms with Crippen LogP contribution in [-0.2, 0) is 26.1 Å². The molecule has 1 N–H and O–H groups in total. The van der Waals surface area contributed by atoms with Gasteiger partial charge in [0, 0.05) is 38.8 Å². The summed E-state index contributed by atoms with van der Waals surface area (Å²) in [6.07, 6.45) is 6.77. The first-order chi connectivity index (χ1) is 16.7. The van der Waals surface area contributed by atoms with Crippen LogP contribution in [0.4, 0.5) is 0 Å². The van der Waals surface area contributed by atoms with E-state index in [0.717, 1.165) is 45.4 Å². The zero-order valence-corrected chi connectivity index (χ0v) is 20.0. The van der Waals surface area contributed by atoms with Crippen molar-refractivity contribution in [2.75, 3.05) is 26.2 Å². The van der Waals surface area contributed by atoms with Crippen LogP contribution in [-0.4, -0.2) is 50.2 Å². The summed E-state index contributed by atoms with van der Waals surface area (Å²) in [6, 6.07) is 19.3. The second kappa shape index (κ2) is 10.6. The van der Waals surface area contributed by atoms with Gasteiger partial charge in [0.15, 0.2) is 0 Å². The first kappa shape index (κ1) is 22.9. The monoisotopic (exact) mass is 460 g/mol. The van der Waals surface area contributed by atoms with Gasteiger partial charge in [-0.25, -0.2) is 4.79 Å². The Morgan fingerprint density at radius 1 is 0.765 bits per heavy atom. The van der Waals surface area contributed by atoms with Gasteiger partial charge in [-0.05, 0) is 61.9 Å². The molecule has 0 spiro atoms. The van der Waals surface area contributed by atoms with Crippen molar-refractivity contribution in [2.24, 2.45) is 0 Å². The molecular formula is C28H36N4O2. The number of benzene rings is 2. The molecule has 1 aromatic heterocycles. The van der Waals surface area contributed by atoms with E-state index < -0.39 is 0 Å². The molecule has 6 heteroatoms. The van der Waals surface area contributed by atoms with Crippen molar-refractivity contribution in [1.29, 1.82) is 0 Å². The predicted molar refractivity (Wildman–Crippen MR) is 135 cm³/mol. The SMILES string of the molecule is O=c1n(CCc2ccc(CN3CCCC3)cc2)cc(O)n1C1CCN(Cc2ccccc2)CC1. The molecule has 5 rings (SSSR count). The molecule has 6 nitrogen and oxygen atoms in total. The zero-order valence-electron chi connectivity index (χ0n) is 20.0. The number of hydrogen-bond donors (Lipinski definition) is 1. The number of nitrogens with zero attached hydrogens (tertiary/aromatic N) is 4. The number of likely N-dealkylation sites (tertiary alicyclic amines) is 2. The highest BCUT2D eigenvalue weighted by Gasteiger charge is 2.25. The molecule has 0 bridgehead atoms. The Hall–Kier alpha value is -2.83. The lowest BCUT2D eigenvalue weighted by atomic mass is 10.0. The van der Waals surface area contributed by atoms with Gasteiger partial charge in [0.05, 0.1) is 6.20 Å². The van der Waals surface area contributed by atoms with Crippen LogP contribution in [0.25, 0.3) is 0 Å². The van der Waals surface area contributed by atoms with Gasteiger partial charge in [0.2, 0.25) is 5.88 Å². The Balaban J connectivity index is 1.15. The maximum absolute atomic E-state index is 13.1. The van der Waals surface area contributed by atoms with Crippen molar-refractivity contribution in [3.8, 4) is 5.88 Å². The van der Waals surface area contributed by atoms with Gasteiger partial charge in [0.1, 0.15) is 0 Å². The van der Waals surface area contributed by atoms with Gasteiger partial charge in [-0.1, -0.05) is 54.6 Å². The quantitative estimate of drug-likeness (QED) is 0.552. The van der Waals surface area contributed by atoms with Crippen molar-refractivity contribution < 1.29 is 5.11 Å². The minimum absolute atomic E-state index is 0.0608. The van der Waals surface area contributed by atoms with Crippen LogP contribution in [0.3, 0.4) is 0 Å². The van der Waals surface area contributed by atoms with Gasteiger partial charge in [-0.2, -0.15) is 0 Å². The van der Waals surface area contributed by atoms with Gasteiger partial charge in [-0.3, -0.25) is 18.9 Å². The van der Waals surface area contributed by atoms with Crippen molar-refractivity contribution in [3.05, 3.63) is 88.0 Å². The largest absolute Gasteiger partial charge is 0.493 e. The van der Waals surface area contributed by atoms with Crippen LogP contribution >= 0.6 is 0 Å². The number of imidazole rings is 1. The molecule has 0 atom stereocenters. The Labute approximate surface area is 202 Å². The maximum Gasteiger partial charge on any atom is 0.331 e. The van der Waals surface area contributed by atoms with E-state index in [1.54, 1.807) is 15.3 Å². The smallest absolute Gasteiger partial charge is 0.331 e. The fraction of sp³-hybridized carbons (Fsp3) is 0.464. The summed E-state index contributed by atoms with van der Waals surface area (Å²) < 4.78 is 3.28. The minimum Gasteiger partial charge on any atom is -0.493 e. The van der Waals surface area contributed by atoms with Crippen LogP contribution < -0.4 is 5.69 Å². The summed E-state index contributed by atoms with van der Waals surface area (Å²) in [7, 11) is 0. The van der Waals surface area contributed by atoms with Gasteiger partial charge >= 0.3 is 5.69 Å². The standard InChI is InChI=1S/C28H36N4O2/c33-27-22-31(19-12-23-8-10-25(11-9-23)21-29-15-4-5-16-29)28(34)32(27)26-13-17-30(18-14-26)20-24-6-2-1-3-7-24/h1-3,6-11,22,26,33H,4-5,12-21H2. The fourth-order valence-electron chi connectivity index (χ4n) is 5.43. The molecule has 0 saturated carbocycles. The van der Waals surface area contributed by atoms with E-state index in [1.165, 1.54) is 42.6 Å². The summed E-state index contributed by atoms with van der Waals surface area (Å²) in [5.74, 6) is 0.0903. The molecule has 3 aromatic rings. The highest BCUT2D eigenvalue weighted by Crippen LogP contribution is 2.26. The predicted octanol–water partition coefficient (Wildman–Crippen LogP) is 4.03. The van der Waals surface area contributed by atoms with E-state index >= 15 is 0 Å². The molecule has 2 fully saturated rings. The average molecular weight is 461 g/mol. The highest BCUT2D eigenvalue weighted by atomic mass is 16.3. The molecule has 2 aliphatic rings. The number of aromatic hydroxyl groups is 1. The van der Waals surface area contributed by atoms with Gasteiger partial charge in [0.25, 0.3) is 0 Å². The number of hydrogen-bond acceptors (Lipinski definition) is 4. The summed E-state index contributed by atoms with van der Waals surface area (Å²) in [5.41, 5.74) is 3.80. The van der Waals surface area contributed by atoms with Gasteiger partial charge in [-0.15, -0.1) is 0 Å². The zero-order chi connectivity index (χ0) is 23.3. The lowest BCUT2D eigenvalue weighted by Crippen LogP contribution is -2.37. The lowest BCUT2D eigenvalue weighted by Gasteiger charge is -2.32. The van der Waals surface area contributed by atoms with E-state index in [2.05, 4.69) is 58.3 Å². The van der Waals surface area contributed by atoms with E-state index in [4.69, 9.17) is 0 Å². The average Bonchev–Trinajstić information content (AvgIpc) is 3.47. The first-order valence-electron chi connectivity index (χ1n) is 12.7. The molecule has 2 aliphatic heterocycles. The Kier molecular flexibility index (Phi) is 7.16. The molecular weight excluding hydrogens is 424 g/mol. The molecule has 2 aromatic carbocycles. The summed E-state index contributed by atoms with van der Waals surface area (Å²) >= 11 is 0. The molecule has 0 aliphatic carbocycles. The van der Waals surface area contributed by atoms with Crippen LogP contribution in [0, 0.1) is 0 Å². The van der Waals surface area contributed by atoms with Crippen molar-refractivity contribution in [1.82, 2.24) is 18.9 Å². The molecule has 2 saturated heterocycles. The molecule has 0 unspecified atom stereocenters. The number of aryl methyl sites for hydroxylation is 2. The van der Waals surface area contributed by atoms with Crippen molar-refractivity contribution >= 4 is 0 Å². The summed E-state index contributed by atoms with van der Waals surface area (Å²) in [5, 5.41) is 10.6. The number of piperidine rings is 1. The van der Waals surface area contributed by atoms with Crippen molar-refractivity contribution in [2.45, 2.75) is 57.8 Å². The maximum atomic E-state index is 13.1. The van der Waals surface area contributed by atoms with E-state index in [-0.39, 0.29) is 17.6 Å². The number of rotatable bonds is 8. The molecule has 0 amide bonds. The number of aromatic nitrogens is 2. The van der Waals surface area contributed by atoms with E-state index in [9.17, 15) is 9.90 Å². The molecule has 180 valence electrons. The third kappa shape index (κ3) is 5.45. The Morgan fingerprint density at radius 2 is 1.35 bits per heavy atom. The topological polar surface area (TPSA) is 53.6 Å². The lowest BCUT2D eigenvalue weighted by molar-refractivity contribution is 0.172. The summed E-state index contributed by atoms with van der Waals surface area (Å²) in [6.45, 7) is 6.82. The minimum atomic E-state index is -0.0929. The van der Waals surface area contributed by atoms with Crippen molar-refractivity contribution in [3.63, 3.8) is 0 Å². The summed E-state index contributed by atoms with van der Waals surface area (Å²) in [4.78, 5) is 18.0. The van der Waals surface area contributed by atoms with Crippen LogP contribution in [0.2, 0.25) is 0 Å². The molecule has 3 heterocycles. The first-order valence-corrected chi connectivity index (χ1v) is 12.7. The highest BCUT2D eigenvalue weighted by molar-refractivity contribution is 5.23. The third-order valence-corrected chi connectivity index (χ3v) is 7.41. The van der Waals surface area contributed by atoms with E-state index in [1.807, 2.05) is 6.07 Å². The fourth-order valence-corrected chi connectivity index (χ4v) is 5.43. The third-order valence-electron chi connectivity index (χ3n) is 7.41. The Bertz CT molecular complexity index is 1110. The van der Waals surface area contributed by atoms with Crippen LogP contribution in [0.15, 0.2) is 65.6 Å². The van der Waals surface area contributed by atoms with E-state index in [0.29, 0.717) is 6.54 Å². The van der Waals surface area contributed by atoms with Crippen LogP contribution in [0.1, 0.15) is 48.4 Å². The normalized spacial score (nSPS) is 18.0. The second-order valence-electron chi connectivity index (χ2n) is 9.88. The molecule has 0 radical (unpaired) electrons. The second-order valence-corrected chi connectivity index (χ2v) is 9.88. The van der Waals surface area contributed by atoms with Crippen LogP contribution in [0.5, 0.6) is 5.88 Å². The molecule has 34 heavy (non-hydrogen) atoms.